The molecule has 0 spiro atoms. The number of rotatable bonds is 7. The normalized spacial score (nSPS) is 10.9. The van der Waals surface area contributed by atoms with E-state index in [-0.39, 0.29) is 5.70 Å². The Balaban J connectivity index is 1.89. The van der Waals surface area contributed by atoms with Gasteiger partial charge in [0.15, 0.2) is 0 Å². The molecule has 0 heterocycles. The summed E-state index contributed by atoms with van der Waals surface area (Å²) in [5.41, 5.74) is 1.74. The van der Waals surface area contributed by atoms with E-state index in [1.54, 1.807) is 61.7 Å². The van der Waals surface area contributed by atoms with Crippen LogP contribution in [-0.4, -0.2) is 26.0 Å². The van der Waals surface area contributed by atoms with Gasteiger partial charge in [0.1, 0.15) is 17.2 Å². The SMILES string of the molecule is COc1ccc(NC(=O)/C(=C/c2ccc(Br)cc2)NC(=O)c2ccccc2OC)cc1. The highest BCUT2D eigenvalue weighted by Crippen LogP contribution is 2.20. The van der Waals surface area contributed by atoms with Crippen molar-refractivity contribution in [1.82, 2.24) is 5.32 Å². The molecule has 0 bridgehead atoms. The fraction of sp³-hybridized carbons (Fsp3) is 0.0833. The van der Waals surface area contributed by atoms with Gasteiger partial charge in [0.2, 0.25) is 0 Å². The predicted octanol–water partition coefficient (Wildman–Crippen LogP) is 4.88. The first kappa shape index (κ1) is 22.1. The minimum atomic E-state index is -0.462. The van der Waals surface area contributed by atoms with Crippen LogP contribution >= 0.6 is 15.9 Å². The Morgan fingerprint density at radius 2 is 1.55 bits per heavy atom. The molecular weight excluding hydrogens is 460 g/mol. The number of methoxy groups -OCH3 is 2. The largest absolute Gasteiger partial charge is 0.497 e. The number of halogens is 1. The van der Waals surface area contributed by atoms with Gasteiger partial charge in [-0.15, -0.1) is 0 Å². The number of benzene rings is 3. The smallest absolute Gasteiger partial charge is 0.272 e. The fourth-order valence-corrected chi connectivity index (χ4v) is 3.04. The molecule has 0 saturated heterocycles. The molecule has 3 rings (SSSR count). The van der Waals surface area contributed by atoms with Crippen LogP contribution in [0, 0.1) is 0 Å². The van der Waals surface area contributed by atoms with Crippen LogP contribution in [0.5, 0.6) is 11.5 Å². The molecule has 0 atom stereocenters. The zero-order valence-corrected chi connectivity index (χ0v) is 18.6. The fourth-order valence-electron chi connectivity index (χ4n) is 2.78. The van der Waals surface area contributed by atoms with E-state index in [9.17, 15) is 9.59 Å². The van der Waals surface area contributed by atoms with Gasteiger partial charge in [0, 0.05) is 10.2 Å². The van der Waals surface area contributed by atoms with Crippen LogP contribution in [0.4, 0.5) is 5.69 Å². The maximum Gasteiger partial charge on any atom is 0.272 e. The van der Waals surface area contributed by atoms with Gasteiger partial charge in [-0.1, -0.05) is 40.2 Å². The molecule has 2 N–H and O–H groups in total. The highest BCUT2D eigenvalue weighted by Gasteiger charge is 2.17. The summed E-state index contributed by atoms with van der Waals surface area (Å²) in [6.45, 7) is 0. The van der Waals surface area contributed by atoms with Crippen LogP contribution in [0.3, 0.4) is 0 Å². The van der Waals surface area contributed by atoms with Gasteiger partial charge < -0.3 is 20.1 Å². The number of carbonyl (C=O) groups is 2. The van der Waals surface area contributed by atoms with Gasteiger partial charge in [0.05, 0.1) is 19.8 Å². The second-order valence-corrected chi connectivity index (χ2v) is 7.36. The molecule has 0 aliphatic heterocycles. The van der Waals surface area contributed by atoms with Crippen molar-refractivity contribution in [2.45, 2.75) is 0 Å². The minimum Gasteiger partial charge on any atom is -0.497 e. The Morgan fingerprint density at radius 1 is 0.871 bits per heavy atom. The number of ether oxygens (including phenoxy) is 2. The van der Waals surface area contributed by atoms with Crippen LogP contribution in [0.2, 0.25) is 0 Å². The molecule has 6 nitrogen and oxygen atoms in total. The Hall–Kier alpha value is -3.58. The highest BCUT2D eigenvalue weighted by molar-refractivity contribution is 9.10. The van der Waals surface area contributed by atoms with Crippen molar-refractivity contribution in [3.05, 3.63) is 94.1 Å². The zero-order chi connectivity index (χ0) is 22.2. The second-order valence-electron chi connectivity index (χ2n) is 6.45. The predicted molar refractivity (Wildman–Crippen MR) is 124 cm³/mol. The lowest BCUT2D eigenvalue weighted by molar-refractivity contribution is -0.113. The summed E-state index contributed by atoms with van der Waals surface area (Å²) in [5, 5.41) is 5.50. The molecule has 0 aromatic heterocycles. The number of anilines is 1. The Bertz CT molecular complexity index is 1090. The van der Waals surface area contributed by atoms with E-state index in [0.29, 0.717) is 22.7 Å². The van der Waals surface area contributed by atoms with E-state index in [4.69, 9.17) is 9.47 Å². The number of carbonyl (C=O) groups excluding carboxylic acids is 2. The number of para-hydroxylation sites is 1. The van der Waals surface area contributed by atoms with E-state index < -0.39 is 11.8 Å². The van der Waals surface area contributed by atoms with Gasteiger partial charge in [-0.3, -0.25) is 9.59 Å². The van der Waals surface area contributed by atoms with Gasteiger partial charge in [-0.2, -0.15) is 0 Å². The van der Waals surface area contributed by atoms with Gasteiger partial charge in [-0.25, -0.2) is 0 Å². The molecule has 3 aromatic rings. The molecule has 0 fully saturated rings. The van der Waals surface area contributed by atoms with Gasteiger partial charge >= 0.3 is 0 Å². The third kappa shape index (κ3) is 5.96. The Morgan fingerprint density at radius 3 is 2.19 bits per heavy atom. The topological polar surface area (TPSA) is 76.7 Å². The summed E-state index contributed by atoms with van der Waals surface area (Å²) in [5.74, 6) is 0.175. The van der Waals surface area contributed by atoms with E-state index in [1.165, 1.54) is 7.11 Å². The molecule has 7 heteroatoms. The van der Waals surface area contributed by atoms with Crippen molar-refractivity contribution in [2.24, 2.45) is 0 Å². The van der Waals surface area contributed by atoms with Crippen LogP contribution in [0.1, 0.15) is 15.9 Å². The lowest BCUT2D eigenvalue weighted by atomic mass is 10.1. The summed E-state index contributed by atoms with van der Waals surface area (Å²) < 4.78 is 11.3. The molecular formula is C24H21BrN2O4. The molecule has 2 amide bonds. The third-order valence-corrected chi connectivity index (χ3v) is 4.90. The van der Waals surface area contributed by atoms with E-state index in [1.807, 2.05) is 24.3 Å². The molecule has 0 aliphatic rings. The van der Waals surface area contributed by atoms with E-state index in [0.717, 1.165) is 10.0 Å². The van der Waals surface area contributed by atoms with Crippen LogP contribution in [0.15, 0.2) is 83.0 Å². The van der Waals surface area contributed by atoms with Crippen LogP contribution in [-0.2, 0) is 4.79 Å². The first-order chi connectivity index (χ1) is 15.0. The van der Waals surface area contributed by atoms with Crippen molar-refractivity contribution >= 4 is 39.5 Å². The zero-order valence-electron chi connectivity index (χ0n) is 17.0. The van der Waals surface area contributed by atoms with Crippen molar-refractivity contribution in [2.75, 3.05) is 19.5 Å². The number of amides is 2. The van der Waals surface area contributed by atoms with Crippen LogP contribution < -0.4 is 20.1 Å². The Kier molecular flexibility index (Phi) is 7.45. The Labute approximate surface area is 189 Å². The first-order valence-electron chi connectivity index (χ1n) is 9.37. The van der Waals surface area contributed by atoms with E-state index in [2.05, 4.69) is 26.6 Å². The van der Waals surface area contributed by atoms with Crippen molar-refractivity contribution < 1.29 is 19.1 Å². The summed E-state index contributed by atoms with van der Waals surface area (Å²) in [6.07, 6.45) is 1.61. The van der Waals surface area contributed by atoms with Crippen molar-refractivity contribution in [1.29, 1.82) is 0 Å². The second kappa shape index (κ2) is 10.4. The summed E-state index contributed by atoms with van der Waals surface area (Å²) in [7, 11) is 3.06. The van der Waals surface area contributed by atoms with Crippen molar-refractivity contribution in [3.8, 4) is 11.5 Å². The standard InChI is InChI=1S/C24H21BrN2O4/c1-30-19-13-11-18(12-14-19)26-24(29)21(15-16-7-9-17(25)10-8-16)27-23(28)20-5-3-4-6-22(20)31-2/h3-15H,1-2H3,(H,26,29)(H,27,28)/b21-15-. The molecule has 31 heavy (non-hydrogen) atoms. The first-order valence-corrected chi connectivity index (χ1v) is 10.2. The summed E-state index contributed by atoms with van der Waals surface area (Å²) >= 11 is 3.39. The molecule has 0 unspecified atom stereocenters. The minimum absolute atomic E-state index is 0.0917. The lowest BCUT2D eigenvalue weighted by Crippen LogP contribution is -2.31. The maximum absolute atomic E-state index is 13.0. The quantitative estimate of drug-likeness (QED) is 0.472. The van der Waals surface area contributed by atoms with Gasteiger partial charge in [0.25, 0.3) is 11.8 Å². The molecule has 0 aliphatic carbocycles. The summed E-state index contributed by atoms with van der Waals surface area (Å²) in [4.78, 5) is 25.9. The average molecular weight is 481 g/mol. The molecule has 0 radical (unpaired) electrons. The van der Waals surface area contributed by atoms with Crippen LogP contribution in [0.25, 0.3) is 6.08 Å². The van der Waals surface area contributed by atoms with Gasteiger partial charge in [-0.05, 0) is 60.2 Å². The molecule has 3 aromatic carbocycles. The lowest BCUT2D eigenvalue weighted by Gasteiger charge is -2.13. The highest BCUT2D eigenvalue weighted by atomic mass is 79.9. The third-order valence-electron chi connectivity index (χ3n) is 4.37. The number of hydrogen-bond acceptors (Lipinski definition) is 4. The summed E-state index contributed by atoms with van der Waals surface area (Å²) in [6, 6.07) is 21.1. The number of hydrogen-bond donors (Lipinski definition) is 2. The average Bonchev–Trinajstić information content (AvgIpc) is 2.80. The monoisotopic (exact) mass is 480 g/mol. The molecule has 0 saturated carbocycles. The number of nitrogens with one attached hydrogen (secondary N) is 2. The maximum atomic E-state index is 13.0. The van der Waals surface area contributed by atoms with E-state index >= 15 is 0 Å². The van der Waals surface area contributed by atoms with Crippen molar-refractivity contribution in [3.63, 3.8) is 0 Å². The molecule has 158 valence electrons.